The normalized spacial score (nSPS) is 22.8. The van der Waals surface area contributed by atoms with Crippen LogP contribution in [0.25, 0.3) is 0 Å². The topological polar surface area (TPSA) is 84.3 Å². The minimum absolute atomic E-state index is 0.0724. The van der Waals surface area contributed by atoms with Gasteiger partial charge in [0.05, 0.1) is 19.2 Å². The molecular weight excluding hydrogens is 258 g/mol. The Bertz CT molecular complexity index is 455. The third-order valence-corrected chi connectivity index (χ3v) is 3.30. The van der Waals surface area contributed by atoms with Gasteiger partial charge in [-0.25, -0.2) is 4.98 Å². The number of carbonyl (C=O) groups is 1. The van der Waals surface area contributed by atoms with E-state index in [1.165, 1.54) is 13.3 Å². The summed E-state index contributed by atoms with van der Waals surface area (Å²) in [4.78, 5) is 18.8. The van der Waals surface area contributed by atoms with Crippen LogP contribution in [0.15, 0.2) is 6.20 Å². The van der Waals surface area contributed by atoms with Crippen LogP contribution < -0.4 is 10.1 Å². The van der Waals surface area contributed by atoms with Crippen molar-refractivity contribution in [3.63, 3.8) is 0 Å². The second-order valence-corrected chi connectivity index (χ2v) is 4.65. The monoisotopic (exact) mass is 271 g/mol. The van der Waals surface area contributed by atoms with Crippen molar-refractivity contribution in [1.82, 2.24) is 9.97 Å². The summed E-state index contributed by atoms with van der Waals surface area (Å²) in [6, 6.07) is 0.304. The Balaban J connectivity index is 2.04. The molecule has 1 aromatic rings. The number of rotatable bonds is 4. The molecule has 2 atom stereocenters. The summed E-state index contributed by atoms with van der Waals surface area (Å²) in [6.45, 7) is 0. The summed E-state index contributed by atoms with van der Waals surface area (Å²) in [7, 11) is 1.48. The van der Waals surface area contributed by atoms with E-state index < -0.39 is 5.97 Å². The van der Waals surface area contributed by atoms with Gasteiger partial charge < -0.3 is 15.2 Å². The maximum absolute atomic E-state index is 10.9. The van der Waals surface area contributed by atoms with Crippen LogP contribution in [0.5, 0.6) is 6.01 Å². The fraction of sp³-hybridized carbons (Fsp3) is 0.545. The van der Waals surface area contributed by atoms with E-state index >= 15 is 0 Å². The van der Waals surface area contributed by atoms with Gasteiger partial charge in [-0.3, -0.25) is 4.79 Å². The van der Waals surface area contributed by atoms with E-state index in [1.54, 1.807) is 0 Å². The summed E-state index contributed by atoms with van der Waals surface area (Å²) >= 11 is 5.97. The highest BCUT2D eigenvalue weighted by atomic mass is 35.5. The molecule has 2 rings (SSSR count). The lowest BCUT2D eigenvalue weighted by Gasteiger charge is -2.14. The molecule has 1 aliphatic rings. The van der Waals surface area contributed by atoms with Crippen LogP contribution in [0, 0.1) is 5.92 Å². The smallest absolute Gasteiger partial charge is 0.318 e. The van der Waals surface area contributed by atoms with E-state index in [2.05, 4.69) is 15.3 Å². The molecule has 0 amide bonds. The summed E-state index contributed by atoms with van der Waals surface area (Å²) < 4.78 is 4.92. The van der Waals surface area contributed by atoms with Gasteiger partial charge in [-0.1, -0.05) is 11.6 Å². The molecule has 18 heavy (non-hydrogen) atoms. The van der Waals surface area contributed by atoms with E-state index in [0.29, 0.717) is 23.7 Å². The zero-order valence-corrected chi connectivity index (χ0v) is 10.6. The van der Waals surface area contributed by atoms with E-state index in [1.807, 2.05) is 0 Å². The molecular formula is C11H14ClN3O3. The highest BCUT2D eigenvalue weighted by molar-refractivity contribution is 6.32. The molecule has 0 radical (unpaired) electrons. The SMILES string of the molecule is COc1ncc(Cl)c(N[C@H]2CC[C@@H](C(=O)O)C2)n1. The van der Waals surface area contributed by atoms with E-state index in [0.717, 1.165) is 6.42 Å². The first-order chi connectivity index (χ1) is 8.60. The number of halogens is 1. The number of anilines is 1. The van der Waals surface area contributed by atoms with E-state index in [9.17, 15) is 4.79 Å². The van der Waals surface area contributed by atoms with E-state index in [-0.39, 0.29) is 18.0 Å². The van der Waals surface area contributed by atoms with Gasteiger partial charge >= 0.3 is 12.0 Å². The standard InChI is InChI=1S/C11H14ClN3O3/c1-18-11-13-5-8(12)9(15-11)14-7-3-2-6(4-7)10(16)17/h5-7H,2-4H2,1H3,(H,16,17)(H,13,14,15)/t6-,7+/m1/s1. The highest BCUT2D eigenvalue weighted by Gasteiger charge is 2.30. The van der Waals surface area contributed by atoms with Gasteiger partial charge in [-0.05, 0) is 19.3 Å². The lowest BCUT2D eigenvalue weighted by atomic mass is 10.1. The fourth-order valence-corrected chi connectivity index (χ4v) is 2.23. The Morgan fingerprint density at radius 3 is 3.00 bits per heavy atom. The quantitative estimate of drug-likeness (QED) is 0.869. The number of ether oxygens (including phenoxy) is 1. The van der Waals surface area contributed by atoms with Crippen LogP contribution in [0.1, 0.15) is 19.3 Å². The minimum Gasteiger partial charge on any atom is -0.481 e. The van der Waals surface area contributed by atoms with Crippen LogP contribution in [-0.2, 0) is 4.79 Å². The Hall–Kier alpha value is -1.56. The number of nitrogens with zero attached hydrogens (tertiary/aromatic N) is 2. The van der Waals surface area contributed by atoms with Crippen molar-refractivity contribution in [2.45, 2.75) is 25.3 Å². The number of methoxy groups -OCH3 is 1. The number of nitrogens with one attached hydrogen (secondary N) is 1. The first kappa shape index (κ1) is 12.9. The first-order valence-corrected chi connectivity index (χ1v) is 6.04. The van der Waals surface area contributed by atoms with Gasteiger partial charge in [0.15, 0.2) is 5.82 Å². The summed E-state index contributed by atoms with van der Waals surface area (Å²) in [6.07, 6.45) is 3.50. The molecule has 1 aliphatic carbocycles. The van der Waals surface area contributed by atoms with Crippen molar-refractivity contribution in [1.29, 1.82) is 0 Å². The van der Waals surface area contributed by atoms with Crippen LogP contribution in [0.4, 0.5) is 5.82 Å². The van der Waals surface area contributed by atoms with E-state index in [4.69, 9.17) is 21.4 Å². The third kappa shape index (κ3) is 2.81. The van der Waals surface area contributed by atoms with Crippen molar-refractivity contribution in [2.24, 2.45) is 5.92 Å². The molecule has 0 spiro atoms. The third-order valence-electron chi connectivity index (χ3n) is 3.03. The fourth-order valence-electron chi connectivity index (χ4n) is 2.08. The highest BCUT2D eigenvalue weighted by Crippen LogP contribution is 2.30. The molecule has 7 heteroatoms. The molecule has 0 aliphatic heterocycles. The van der Waals surface area contributed by atoms with Crippen molar-refractivity contribution in [2.75, 3.05) is 12.4 Å². The number of hydrogen-bond acceptors (Lipinski definition) is 5. The molecule has 1 fully saturated rings. The number of hydrogen-bond donors (Lipinski definition) is 2. The molecule has 0 unspecified atom stereocenters. The Morgan fingerprint density at radius 2 is 2.39 bits per heavy atom. The maximum atomic E-state index is 10.9. The Kier molecular flexibility index (Phi) is 3.86. The van der Waals surface area contributed by atoms with Gasteiger partial charge in [0, 0.05) is 6.04 Å². The van der Waals surface area contributed by atoms with Crippen LogP contribution >= 0.6 is 11.6 Å². The van der Waals surface area contributed by atoms with Crippen LogP contribution in [-0.4, -0.2) is 34.2 Å². The Morgan fingerprint density at radius 1 is 1.61 bits per heavy atom. The van der Waals surface area contributed by atoms with Crippen molar-refractivity contribution in [3.05, 3.63) is 11.2 Å². The van der Waals surface area contributed by atoms with Gasteiger partial charge in [0.1, 0.15) is 5.02 Å². The summed E-state index contributed by atoms with van der Waals surface area (Å²) in [5.41, 5.74) is 0. The number of aromatic nitrogens is 2. The van der Waals surface area contributed by atoms with Crippen molar-refractivity contribution >= 4 is 23.4 Å². The second kappa shape index (κ2) is 5.39. The Labute approximate surface area is 109 Å². The molecule has 98 valence electrons. The number of carboxylic acids is 1. The maximum Gasteiger partial charge on any atom is 0.318 e. The average molecular weight is 272 g/mol. The average Bonchev–Trinajstić information content (AvgIpc) is 2.81. The number of aliphatic carboxylic acids is 1. The summed E-state index contributed by atoms with van der Waals surface area (Å²) in [5, 5.41) is 12.5. The zero-order valence-electron chi connectivity index (χ0n) is 9.89. The predicted molar refractivity (Wildman–Crippen MR) is 66.0 cm³/mol. The molecule has 0 aromatic carbocycles. The molecule has 1 saturated carbocycles. The van der Waals surface area contributed by atoms with Gasteiger partial charge in [0.25, 0.3) is 0 Å². The van der Waals surface area contributed by atoms with Crippen molar-refractivity contribution < 1.29 is 14.6 Å². The van der Waals surface area contributed by atoms with Gasteiger partial charge in [-0.2, -0.15) is 4.98 Å². The largest absolute Gasteiger partial charge is 0.481 e. The predicted octanol–water partition coefficient (Wildman–Crippen LogP) is 1.80. The lowest BCUT2D eigenvalue weighted by Crippen LogP contribution is -2.19. The second-order valence-electron chi connectivity index (χ2n) is 4.24. The summed E-state index contributed by atoms with van der Waals surface area (Å²) in [5.74, 6) is -0.546. The first-order valence-electron chi connectivity index (χ1n) is 5.66. The van der Waals surface area contributed by atoms with Crippen LogP contribution in [0.2, 0.25) is 5.02 Å². The molecule has 1 aromatic heterocycles. The molecule has 1 heterocycles. The number of carboxylic acid groups (broad SMARTS) is 1. The van der Waals surface area contributed by atoms with Crippen LogP contribution in [0.3, 0.4) is 0 Å². The van der Waals surface area contributed by atoms with Crippen molar-refractivity contribution in [3.8, 4) is 6.01 Å². The van der Waals surface area contributed by atoms with Gasteiger partial charge in [0.2, 0.25) is 0 Å². The molecule has 0 saturated heterocycles. The minimum atomic E-state index is -0.745. The zero-order chi connectivity index (χ0) is 13.1. The molecule has 2 N–H and O–H groups in total. The molecule has 0 bridgehead atoms. The lowest BCUT2D eigenvalue weighted by molar-refractivity contribution is -0.141. The van der Waals surface area contributed by atoms with Gasteiger partial charge in [-0.15, -0.1) is 0 Å². The molecule has 6 nitrogen and oxygen atoms in total.